The number of anilines is 1. The number of fused-ring (bicyclic) bond motifs is 1. The Bertz CT molecular complexity index is 1220. The van der Waals surface area contributed by atoms with Gasteiger partial charge in [-0.25, -0.2) is 4.68 Å². The average molecular weight is 424 g/mol. The van der Waals surface area contributed by atoms with Crippen LogP contribution in [0.2, 0.25) is 0 Å². The zero-order valence-electron chi connectivity index (χ0n) is 16.8. The summed E-state index contributed by atoms with van der Waals surface area (Å²) in [6, 6.07) is 17.3. The summed E-state index contributed by atoms with van der Waals surface area (Å²) in [5, 5.41) is 9.57. The molecular formula is C23H19F3N4O. The minimum absolute atomic E-state index is 0.275. The lowest BCUT2D eigenvalue weighted by Gasteiger charge is -2.09. The predicted octanol–water partition coefficient (Wildman–Crippen LogP) is 5.99. The van der Waals surface area contributed by atoms with E-state index < -0.39 is 6.36 Å². The molecule has 0 spiro atoms. The van der Waals surface area contributed by atoms with Gasteiger partial charge >= 0.3 is 6.36 Å². The van der Waals surface area contributed by atoms with Crippen LogP contribution in [0.15, 0.2) is 72.0 Å². The molecule has 0 radical (unpaired) electrons. The molecule has 0 saturated heterocycles. The first-order valence-corrected chi connectivity index (χ1v) is 9.49. The van der Waals surface area contributed by atoms with Gasteiger partial charge in [-0.3, -0.25) is 5.43 Å². The van der Waals surface area contributed by atoms with Crippen molar-refractivity contribution in [2.75, 3.05) is 5.43 Å². The first kappa shape index (κ1) is 20.5. The highest BCUT2D eigenvalue weighted by molar-refractivity contribution is 5.89. The zero-order valence-corrected chi connectivity index (χ0v) is 16.8. The number of ether oxygens (including phenoxy) is 1. The Balaban J connectivity index is 1.53. The van der Waals surface area contributed by atoms with Crippen molar-refractivity contribution in [3.05, 3.63) is 83.6 Å². The fourth-order valence-corrected chi connectivity index (χ4v) is 3.29. The number of nitrogens with zero attached hydrogens (tertiary/aromatic N) is 3. The molecule has 4 rings (SSSR count). The lowest BCUT2D eigenvalue weighted by molar-refractivity contribution is -0.274. The van der Waals surface area contributed by atoms with Gasteiger partial charge in [-0.15, -0.1) is 13.2 Å². The number of aromatic nitrogens is 2. The Kier molecular flexibility index (Phi) is 5.37. The summed E-state index contributed by atoms with van der Waals surface area (Å²) in [5.41, 5.74) is 8.63. The van der Waals surface area contributed by atoms with Crippen LogP contribution in [0.1, 0.15) is 16.7 Å². The number of benzene rings is 3. The van der Waals surface area contributed by atoms with E-state index in [2.05, 4.69) is 20.4 Å². The third-order valence-electron chi connectivity index (χ3n) is 4.78. The molecule has 0 bridgehead atoms. The highest BCUT2D eigenvalue weighted by Gasteiger charge is 2.31. The number of rotatable bonds is 5. The minimum atomic E-state index is -4.72. The van der Waals surface area contributed by atoms with Crippen molar-refractivity contribution in [1.29, 1.82) is 0 Å². The van der Waals surface area contributed by atoms with Gasteiger partial charge < -0.3 is 4.74 Å². The number of hydrogen-bond acceptors (Lipinski definition) is 4. The number of hydrazone groups is 1. The number of alkyl halides is 3. The van der Waals surface area contributed by atoms with E-state index in [9.17, 15) is 13.2 Å². The van der Waals surface area contributed by atoms with Crippen LogP contribution in [0, 0.1) is 13.8 Å². The molecule has 0 atom stereocenters. The molecule has 0 aliphatic rings. The number of para-hydroxylation sites is 1. The van der Waals surface area contributed by atoms with E-state index in [0.717, 1.165) is 33.3 Å². The summed E-state index contributed by atoms with van der Waals surface area (Å²) in [5.74, 6) is -0.275. The Labute approximate surface area is 176 Å². The van der Waals surface area contributed by atoms with Crippen molar-refractivity contribution in [3.8, 4) is 11.4 Å². The maximum absolute atomic E-state index is 12.3. The Hall–Kier alpha value is -3.81. The van der Waals surface area contributed by atoms with Crippen molar-refractivity contribution in [2.24, 2.45) is 5.10 Å². The molecule has 0 saturated carbocycles. The molecule has 4 aromatic rings. The van der Waals surface area contributed by atoms with E-state index in [0.29, 0.717) is 5.69 Å². The van der Waals surface area contributed by atoms with Gasteiger partial charge in [-0.2, -0.15) is 10.2 Å². The number of halogens is 3. The normalized spacial score (nSPS) is 11.9. The van der Waals surface area contributed by atoms with Gasteiger partial charge in [0.1, 0.15) is 5.75 Å². The monoisotopic (exact) mass is 424 g/mol. The quantitative estimate of drug-likeness (QED) is 0.316. The minimum Gasteiger partial charge on any atom is -0.406 e. The molecule has 1 N–H and O–H groups in total. The molecule has 0 fully saturated rings. The van der Waals surface area contributed by atoms with Crippen LogP contribution in [0.25, 0.3) is 16.6 Å². The number of hydrogen-bond donors (Lipinski definition) is 1. The highest BCUT2D eigenvalue weighted by atomic mass is 19.4. The molecule has 0 aliphatic carbocycles. The van der Waals surface area contributed by atoms with Gasteiger partial charge in [0.25, 0.3) is 0 Å². The fraction of sp³-hybridized carbons (Fsp3) is 0.130. The lowest BCUT2D eigenvalue weighted by Crippen LogP contribution is -2.17. The molecule has 8 heteroatoms. The number of aryl methyl sites for hydroxylation is 2. The van der Waals surface area contributed by atoms with Crippen LogP contribution >= 0.6 is 0 Å². The molecule has 5 nitrogen and oxygen atoms in total. The summed E-state index contributed by atoms with van der Waals surface area (Å²) < 4.78 is 42.6. The Morgan fingerprint density at radius 2 is 1.71 bits per heavy atom. The van der Waals surface area contributed by atoms with Crippen molar-refractivity contribution in [2.45, 2.75) is 20.2 Å². The molecule has 0 aliphatic heterocycles. The molecule has 0 amide bonds. The maximum Gasteiger partial charge on any atom is 0.573 e. The van der Waals surface area contributed by atoms with E-state index in [1.165, 1.54) is 24.3 Å². The molecule has 3 aromatic carbocycles. The molecule has 158 valence electrons. The molecule has 0 unspecified atom stereocenters. The van der Waals surface area contributed by atoms with E-state index in [1.54, 1.807) is 17.1 Å². The summed E-state index contributed by atoms with van der Waals surface area (Å²) in [4.78, 5) is 0. The number of nitrogens with one attached hydrogen (secondary N) is 1. The molecule has 1 aromatic heterocycles. The van der Waals surface area contributed by atoms with Crippen LogP contribution in [0.4, 0.5) is 18.9 Å². The van der Waals surface area contributed by atoms with E-state index in [-0.39, 0.29) is 5.75 Å². The van der Waals surface area contributed by atoms with Gasteiger partial charge in [-0.05, 0) is 66.9 Å². The second-order valence-electron chi connectivity index (χ2n) is 7.05. The third kappa shape index (κ3) is 4.69. The van der Waals surface area contributed by atoms with E-state index in [4.69, 9.17) is 0 Å². The van der Waals surface area contributed by atoms with Crippen LogP contribution in [-0.2, 0) is 0 Å². The van der Waals surface area contributed by atoms with Gasteiger partial charge in [-0.1, -0.05) is 24.3 Å². The molecular weight excluding hydrogens is 405 g/mol. The van der Waals surface area contributed by atoms with Crippen molar-refractivity contribution >= 4 is 22.8 Å². The third-order valence-corrected chi connectivity index (χ3v) is 4.78. The molecule has 31 heavy (non-hydrogen) atoms. The average Bonchev–Trinajstić information content (AvgIpc) is 3.13. The second-order valence-corrected chi connectivity index (χ2v) is 7.05. The van der Waals surface area contributed by atoms with Crippen molar-refractivity contribution in [3.63, 3.8) is 0 Å². The van der Waals surface area contributed by atoms with E-state index >= 15 is 0 Å². The lowest BCUT2D eigenvalue weighted by atomic mass is 10.1. The van der Waals surface area contributed by atoms with Gasteiger partial charge in [0.05, 0.1) is 29.3 Å². The van der Waals surface area contributed by atoms with Gasteiger partial charge in [0.2, 0.25) is 0 Å². The summed E-state index contributed by atoms with van der Waals surface area (Å²) in [7, 11) is 0. The predicted molar refractivity (Wildman–Crippen MR) is 115 cm³/mol. The topological polar surface area (TPSA) is 51.4 Å². The first-order valence-electron chi connectivity index (χ1n) is 9.49. The van der Waals surface area contributed by atoms with Crippen molar-refractivity contribution < 1.29 is 17.9 Å². The Morgan fingerprint density at radius 1 is 1.00 bits per heavy atom. The Morgan fingerprint density at radius 3 is 2.39 bits per heavy atom. The maximum atomic E-state index is 12.3. The van der Waals surface area contributed by atoms with Crippen LogP contribution in [-0.4, -0.2) is 22.4 Å². The van der Waals surface area contributed by atoms with Crippen LogP contribution in [0.5, 0.6) is 5.75 Å². The zero-order chi connectivity index (χ0) is 22.0. The second kappa shape index (κ2) is 8.14. The first-order chi connectivity index (χ1) is 14.8. The fourth-order valence-electron chi connectivity index (χ4n) is 3.29. The SMILES string of the molecule is Cc1cccc(C)c1N/N=C/c1ccc2c(cnn2-c2ccc(OC(F)(F)F)cc2)c1. The summed E-state index contributed by atoms with van der Waals surface area (Å²) >= 11 is 0. The van der Waals surface area contributed by atoms with E-state index in [1.807, 2.05) is 50.2 Å². The van der Waals surface area contributed by atoms with Crippen LogP contribution < -0.4 is 10.2 Å². The largest absolute Gasteiger partial charge is 0.573 e. The molecule has 1 heterocycles. The van der Waals surface area contributed by atoms with Crippen molar-refractivity contribution in [1.82, 2.24) is 9.78 Å². The van der Waals surface area contributed by atoms with Crippen LogP contribution in [0.3, 0.4) is 0 Å². The standard InChI is InChI=1S/C23H19F3N4O/c1-15-4-3-5-16(2)22(15)29-27-13-17-6-11-21-18(12-17)14-28-30(21)19-7-9-20(10-8-19)31-23(24,25)26/h3-14,29H,1-2H3/b27-13+. The smallest absolute Gasteiger partial charge is 0.406 e. The summed E-state index contributed by atoms with van der Waals surface area (Å²) in [6.07, 6.45) is -1.29. The van der Waals surface area contributed by atoms with Gasteiger partial charge in [0.15, 0.2) is 0 Å². The highest BCUT2D eigenvalue weighted by Crippen LogP contribution is 2.25. The summed E-state index contributed by atoms with van der Waals surface area (Å²) in [6.45, 7) is 4.04. The van der Waals surface area contributed by atoms with Gasteiger partial charge in [0, 0.05) is 5.39 Å².